The van der Waals surface area contributed by atoms with Crippen LogP contribution in [-0.4, -0.2) is 33.2 Å². The summed E-state index contributed by atoms with van der Waals surface area (Å²) in [6.45, 7) is 2.99. The van der Waals surface area contributed by atoms with E-state index < -0.39 is 29.1 Å². The van der Waals surface area contributed by atoms with E-state index in [1.54, 1.807) is 25.6 Å². The summed E-state index contributed by atoms with van der Waals surface area (Å²) in [6, 6.07) is 3.50. The van der Waals surface area contributed by atoms with Crippen molar-refractivity contribution in [3.63, 3.8) is 0 Å². The summed E-state index contributed by atoms with van der Waals surface area (Å²) in [7, 11) is 1.74. The Labute approximate surface area is 147 Å². The van der Waals surface area contributed by atoms with E-state index in [0.717, 1.165) is 11.8 Å². The van der Waals surface area contributed by atoms with Gasteiger partial charge in [-0.25, -0.2) is 4.79 Å². The number of hydrogen-bond acceptors (Lipinski definition) is 6. The highest BCUT2D eigenvalue weighted by atomic mass is 35.5. The quantitative estimate of drug-likeness (QED) is 0.493. The zero-order valence-corrected chi connectivity index (χ0v) is 14.5. The smallest absolute Gasteiger partial charge is 0.338 e. The summed E-state index contributed by atoms with van der Waals surface area (Å²) in [6.07, 6.45) is 0. The minimum atomic E-state index is -0.866. The number of aryl methyl sites for hydroxylation is 2. The SMILES string of the molecule is Cc1nn(C)c(C)c1NC(=O)COC(=O)c1ccc(Cl)c([N+](=O)[O-])c1. The van der Waals surface area contributed by atoms with Gasteiger partial charge in [0.15, 0.2) is 6.61 Å². The van der Waals surface area contributed by atoms with Gasteiger partial charge in [-0.2, -0.15) is 5.10 Å². The molecular formula is C15H15ClN4O5. The molecule has 2 rings (SSSR count). The molecule has 2 aromatic rings. The molecule has 0 saturated carbocycles. The predicted octanol–water partition coefficient (Wildman–Crippen LogP) is 2.39. The number of aromatic nitrogens is 2. The maximum absolute atomic E-state index is 11.9. The molecule has 0 atom stereocenters. The van der Waals surface area contributed by atoms with Crippen molar-refractivity contribution < 1.29 is 19.2 Å². The fourth-order valence-electron chi connectivity index (χ4n) is 2.12. The van der Waals surface area contributed by atoms with Gasteiger partial charge in [-0.1, -0.05) is 11.6 Å². The van der Waals surface area contributed by atoms with E-state index in [9.17, 15) is 19.7 Å². The van der Waals surface area contributed by atoms with E-state index in [1.807, 2.05) is 0 Å². The van der Waals surface area contributed by atoms with Crippen molar-refractivity contribution in [1.29, 1.82) is 0 Å². The van der Waals surface area contributed by atoms with E-state index in [1.165, 1.54) is 12.1 Å². The Morgan fingerprint density at radius 3 is 2.64 bits per heavy atom. The predicted molar refractivity (Wildman–Crippen MR) is 89.7 cm³/mol. The van der Waals surface area contributed by atoms with Gasteiger partial charge in [-0.3, -0.25) is 19.6 Å². The third kappa shape index (κ3) is 4.13. The number of halogens is 1. The average molecular weight is 367 g/mol. The van der Waals surface area contributed by atoms with Crippen LogP contribution < -0.4 is 5.32 Å². The van der Waals surface area contributed by atoms with E-state index in [0.29, 0.717) is 11.4 Å². The number of nitro groups is 1. The number of nitro benzene ring substituents is 1. The van der Waals surface area contributed by atoms with Crippen molar-refractivity contribution in [2.75, 3.05) is 11.9 Å². The van der Waals surface area contributed by atoms with E-state index in [4.69, 9.17) is 16.3 Å². The number of amides is 1. The second-order valence-corrected chi connectivity index (χ2v) is 5.62. The molecule has 1 N–H and O–H groups in total. The van der Waals surface area contributed by atoms with Gasteiger partial charge in [0.2, 0.25) is 0 Å². The number of anilines is 1. The zero-order chi connectivity index (χ0) is 18.7. The van der Waals surface area contributed by atoms with Gasteiger partial charge in [0.1, 0.15) is 5.02 Å². The van der Waals surface area contributed by atoms with Crippen molar-refractivity contribution in [2.45, 2.75) is 13.8 Å². The standard InChI is InChI=1S/C15H15ClN4O5/c1-8-14(9(2)19(3)18-8)17-13(21)7-25-15(22)10-4-5-11(16)12(6-10)20(23)24/h4-6H,7H2,1-3H3,(H,17,21). The lowest BCUT2D eigenvalue weighted by Crippen LogP contribution is -2.21. The second kappa shape index (κ2) is 7.31. The Kier molecular flexibility index (Phi) is 5.38. The summed E-state index contributed by atoms with van der Waals surface area (Å²) >= 11 is 5.68. The number of esters is 1. The molecule has 0 radical (unpaired) electrons. The Morgan fingerprint density at radius 1 is 1.40 bits per heavy atom. The number of rotatable bonds is 5. The minimum absolute atomic E-state index is 0.0716. The molecule has 10 heteroatoms. The third-order valence-electron chi connectivity index (χ3n) is 3.49. The first-order valence-electron chi connectivity index (χ1n) is 7.11. The number of carbonyl (C=O) groups excluding carboxylic acids is 2. The van der Waals surface area contributed by atoms with Crippen molar-refractivity contribution in [1.82, 2.24) is 9.78 Å². The third-order valence-corrected chi connectivity index (χ3v) is 3.81. The lowest BCUT2D eigenvalue weighted by molar-refractivity contribution is -0.384. The first-order chi connectivity index (χ1) is 11.7. The van der Waals surface area contributed by atoms with Gasteiger partial charge in [0.25, 0.3) is 11.6 Å². The number of carbonyl (C=O) groups is 2. The lowest BCUT2D eigenvalue weighted by atomic mass is 10.2. The molecule has 0 fully saturated rings. The topological polar surface area (TPSA) is 116 Å². The molecule has 0 unspecified atom stereocenters. The highest BCUT2D eigenvalue weighted by molar-refractivity contribution is 6.32. The van der Waals surface area contributed by atoms with Gasteiger partial charge < -0.3 is 10.1 Å². The number of nitrogens with zero attached hydrogens (tertiary/aromatic N) is 3. The lowest BCUT2D eigenvalue weighted by Gasteiger charge is -2.07. The van der Waals surface area contributed by atoms with E-state index in [-0.39, 0.29) is 10.6 Å². The minimum Gasteiger partial charge on any atom is -0.452 e. The molecule has 1 aromatic heterocycles. The Morgan fingerprint density at radius 2 is 2.08 bits per heavy atom. The molecule has 0 aliphatic heterocycles. The maximum Gasteiger partial charge on any atom is 0.338 e. The van der Waals surface area contributed by atoms with Crippen LogP contribution in [0.3, 0.4) is 0 Å². The first kappa shape index (κ1) is 18.4. The molecule has 0 bridgehead atoms. The van der Waals surface area contributed by atoms with Gasteiger partial charge in [0.05, 0.1) is 27.6 Å². The second-order valence-electron chi connectivity index (χ2n) is 5.22. The molecule has 132 valence electrons. The summed E-state index contributed by atoms with van der Waals surface area (Å²) in [5, 5.41) is 17.5. The van der Waals surface area contributed by atoms with Crippen LogP contribution in [0, 0.1) is 24.0 Å². The number of ether oxygens (including phenoxy) is 1. The van der Waals surface area contributed by atoms with Crippen molar-refractivity contribution in [3.8, 4) is 0 Å². The van der Waals surface area contributed by atoms with Crippen molar-refractivity contribution in [2.24, 2.45) is 7.05 Å². The first-order valence-corrected chi connectivity index (χ1v) is 7.49. The summed E-state index contributed by atoms with van der Waals surface area (Å²) < 4.78 is 6.49. The Balaban J connectivity index is 2.01. The number of hydrogen-bond donors (Lipinski definition) is 1. The fraction of sp³-hybridized carbons (Fsp3) is 0.267. The highest BCUT2D eigenvalue weighted by Crippen LogP contribution is 2.25. The molecule has 0 aliphatic carbocycles. The summed E-state index contributed by atoms with van der Waals surface area (Å²) in [4.78, 5) is 34.0. The highest BCUT2D eigenvalue weighted by Gasteiger charge is 2.19. The van der Waals surface area contributed by atoms with Crippen LogP contribution in [0.2, 0.25) is 5.02 Å². The Bertz CT molecular complexity index is 862. The molecular weight excluding hydrogens is 352 g/mol. The van der Waals surface area contributed by atoms with Gasteiger partial charge >= 0.3 is 5.97 Å². The molecule has 1 aromatic carbocycles. The van der Waals surface area contributed by atoms with E-state index >= 15 is 0 Å². The number of nitrogens with one attached hydrogen (secondary N) is 1. The molecule has 0 spiro atoms. The van der Waals surface area contributed by atoms with Gasteiger partial charge in [-0.05, 0) is 26.0 Å². The van der Waals surface area contributed by atoms with E-state index in [2.05, 4.69) is 10.4 Å². The molecule has 0 aliphatic rings. The van der Waals surface area contributed by atoms with Crippen LogP contribution in [0.1, 0.15) is 21.7 Å². The molecule has 1 amide bonds. The van der Waals surface area contributed by atoms with Crippen LogP contribution in [0.5, 0.6) is 0 Å². The molecule has 9 nitrogen and oxygen atoms in total. The van der Waals surface area contributed by atoms with Crippen molar-refractivity contribution >= 4 is 34.9 Å². The van der Waals surface area contributed by atoms with Crippen LogP contribution in [-0.2, 0) is 16.6 Å². The Hall–Kier alpha value is -2.94. The summed E-state index contributed by atoms with van der Waals surface area (Å²) in [5.41, 5.74) is 1.45. The molecule has 1 heterocycles. The largest absolute Gasteiger partial charge is 0.452 e. The molecule has 25 heavy (non-hydrogen) atoms. The fourth-order valence-corrected chi connectivity index (χ4v) is 2.31. The zero-order valence-electron chi connectivity index (χ0n) is 13.7. The summed E-state index contributed by atoms with van der Waals surface area (Å²) in [5.74, 6) is -1.41. The maximum atomic E-state index is 11.9. The normalized spacial score (nSPS) is 10.4. The monoisotopic (exact) mass is 366 g/mol. The van der Waals surface area contributed by atoms with Crippen LogP contribution in [0.15, 0.2) is 18.2 Å². The van der Waals surface area contributed by atoms with Gasteiger partial charge in [0, 0.05) is 13.1 Å². The van der Waals surface area contributed by atoms with Crippen LogP contribution in [0.25, 0.3) is 0 Å². The average Bonchev–Trinajstić information content (AvgIpc) is 2.79. The van der Waals surface area contributed by atoms with Gasteiger partial charge in [-0.15, -0.1) is 0 Å². The molecule has 0 saturated heterocycles. The van der Waals surface area contributed by atoms with Crippen molar-refractivity contribution in [3.05, 3.63) is 50.3 Å². The van der Waals surface area contributed by atoms with Crippen LogP contribution >= 0.6 is 11.6 Å². The van der Waals surface area contributed by atoms with Crippen LogP contribution in [0.4, 0.5) is 11.4 Å². The number of benzene rings is 1.